The molecule has 41 heavy (non-hydrogen) atoms. The minimum Gasteiger partial charge on any atom is -0.453 e. The van der Waals surface area contributed by atoms with Gasteiger partial charge in [0.05, 0.1) is 18.8 Å². The average Bonchev–Trinajstić information content (AvgIpc) is 3.31. The Morgan fingerprint density at radius 1 is 1.12 bits per heavy atom. The summed E-state index contributed by atoms with van der Waals surface area (Å²) in [7, 11) is 1.25. The number of hydrogen-bond donors (Lipinski definition) is 4. The number of rotatable bonds is 5. The number of hydrogen-bond acceptors (Lipinski definition) is 6. The van der Waals surface area contributed by atoms with Crippen LogP contribution in [-0.4, -0.2) is 40.8 Å². The van der Waals surface area contributed by atoms with Crippen molar-refractivity contribution < 1.29 is 23.9 Å². The Hall–Kier alpha value is -4.41. The first-order valence-electron chi connectivity index (χ1n) is 12.6. The van der Waals surface area contributed by atoms with Gasteiger partial charge in [-0.25, -0.2) is 9.78 Å². The summed E-state index contributed by atoms with van der Waals surface area (Å²) in [4.78, 5) is 57.0. The number of methoxy groups -OCH3 is 1. The largest absolute Gasteiger partial charge is 0.453 e. The minimum atomic E-state index is -0.661. The number of nitrogens with zero attached hydrogens (tertiary/aromatic N) is 1. The number of anilines is 2. The highest BCUT2D eigenvalue weighted by atomic mass is 35.5. The molecule has 2 bridgehead atoms. The van der Waals surface area contributed by atoms with Crippen molar-refractivity contribution in [3.05, 3.63) is 81.8 Å². The molecule has 12 heteroatoms. The number of carbonyl (C=O) groups is 4. The van der Waals surface area contributed by atoms with Gasteiger partial charge in [0.1, 0.15) is 16.7 Å². The summed E-state index contributed by atoms with van der Waals surface area (Å²) in [6, 6.07) is 9.13. The van der Waals surface area contributed by atoms with E-state index in [1.165, 1.54) is 26.2 Å². The number of imidazole rings is 1. The number of halogens is 2. The van der Waals surface area contributed by atoms with E-state index in [1.807, 2.05) is 12.2 Å². The summed E-state index contributed by atoms with van der Waals surface area (Å²) in [5, 5.41) is 8.99. The highest BCUT2D eigenvalue weighted by Gasteiger charge is 2.22. The summed E-state index contributed by atoms with van der Waals surface area (Å²) < 4.78 is 4.65. The molecule has 0 unspecified atom stereocenters. The predicted molar refractivity (Wildman–Crippen MR) is 158 cm³/mol. The van der Waals surface area contributed by atoms with E-state index in [-0.39, 0.29) is 23.3 Å². The number of fused-ring (bicyclic) bond motifs is 4. The molecular weight excluding hydrogens is 569 g/mol. The third kappa shape index (κ3) is 7.62. The molecule has 0 spiro atoms. The van der Waals surface area contributed by atoms with Gasteiger partial charge in [0.15, 0.2) is 5.78 Å². The molecule has 10 nitrogen and oxygen atoms in total. The summed E-state index contributed by atoms with van der Waals surface area (Å²) in [5.41, 5.74) is 2.61. The Bertz CT molecular complexity index is 1560. The normalized spacial score (nSPS) is 15.9. The lowest BCUT2D eigenvalue weighted by atomic mass is 10.0. The molecule has 1 aromatic heterocycles. The third-order valence-electron chi connectivity index (χ3n) is 6.19. The van der Waals surface area contributed by atoms with Gasteiger partial charge in [-0.2, -0.15) is 0 Å². The molecule has 1 aliphatic heterocycles. The van der Waals surface area contributed by atoms with E-state index in [1.54, 1.807) is 36.4 Å². The maximum Gasteiger partial charge on any atom is 0.411 e. The fraction of sp³-hybridized carbons (Fsp3) is 0.207. The molecule has 4 rings (SSSR count). The molecule has 212 valence electrons. The zero-order valence-corrected chi connectivity index (χ0v) is 23.7. The number of aromatic amines is 1. The molecule has 1 atom stereocenters. The molecule has 3 amide bonds. The van der Waals surface area contributed by atoms with Crippen LogP contribution in [0.25, 0.3) is 17.3 Å². The van der Waals surface area contributed by atoms with Crippen molar-refractivity contribution in [2.75, 3.05) is 17.7 Å². The number of benzene rings is 2. The van der Waals surface area contributed by atoms with Crippen LogP contribution in [0.3, 0.4) is 0 Å². The van der Waals surface area contributed by atoms with Crippen molar-refractivity contribution in [1.82, 2.24) is 15.3 Å². The first kappa shape index (κ1) is 29.6. The Kier molecular flexibility index (Phi) is 9.59. The molecule has 1 aliphatic rings. The lowest BCUT2D eigenvalue weighted by Crippen LogP contribution is -2.27. The number of ketones is 1. The molecule has 0 radical (unpaired) electrons. The minimum absolute atomic E-state index is 0.152. The molecule has 0 saturated carbocycles. The van der Waals surface area contributed by atoms with Crippen LogP contribution >= 0.6 is 23.2 Å². The Morgan fingerprint density at radius 2 is 1.93 bits per heavy atom. The van der Waals surface area contributed by atoms with Crippen LogP contribution in [0, 0.1) is 0 Å². The number of aromatic nitrogens is 2. The van der Waals surface area contributed by atoms with Crippen LogP contribution in [0.15, 0.2) is 54.6 Å². The SMILES string of the molecule is COC(=O)Nc1ccc2c(c1)NC(=O)CC/C=C\C[C@H](NC(=O)/C=C/c1cc(Cl)ccc1C(C)=O)c1nc-2c(Cl)[nH]1. The standard InChI is InChI=1S/C29H27Cl2N5O5/c1-16(37)20-11-9-18(30)14-17(20)8-13-25(39)33-22-6-4-3-5-7-24(38)34-23-15-19(32-29(40)41-2)10-12-21(23)26-27(31)36-28(22)35-26/h3-4,8-15,22H,5-7H2,1-2H3,(H,32,40)(H,33,39)(H,34,38)(H,35,36)/b4-3-,13-8+/t22-/m0/s1. The zero-order chi connectivity index (χ0) is 29.5. The molecule has 3 aromatic rings. The van der Waals surface area contributed by atoms with Crippen LogP contribution in [0.1, 0.15) is 54.0 Å². The number of Topliss-reactive ketones (excluding diaryl/α,β-unsaturated/α-hetero) is 1. The molecular formula is C29H27Cl2N5O5. The molecule has 0 fully saturated rings. The van der Waals surface area contributed by atoms with Gasteiger partial charge < -0.3 is 20.4 Å². The highest BCUT2D eigenvalue weighted by molar-refractivity contribution is 6.32. The van der Waals surface area contributed by atoms with Gasteiger partial charge >= 0.3 is 6.09 Å². The fourth-order valence-corrected chi connectivity index (χ4v) is 4.63. The van der Waals surface area contributed by atoms with Gasteiger partial charge in [-0.3, -0.25) is 19.7 Å². The monoisotopic (exact) mass is 595 g/mol. The summed E-state index contributed by atoms with van der Waals surface area (Å²) in [6.07, 6.45) is 6.94. The molecule has 0 saturated heterocycles. The van der Waals surface area contributed by atoms with Crippen LogP contribution < -0.4 is 16.0 Å². The van der Waals surface area contributed by atoms with Crippen molar-refractivity contribution in [3.8, 4) is 11.3 Å². The Balaban J connectivity index is 1.65. The number of carbonyl (C=O) groups excluding carboxylic acids is 4. The van der Waals surface area contributed by atoms with Crippen LogP contribution in [-0.2, 0) is 14.3 Å². The van der Waals surface area contributed by atoms with E-state index in [2.05, 4.69) is 30.7 Å². The number of allylic oxidation sites excluding steroid dienone is 1. The number of ether oxygens (including phenoxy) is 1. The summed E-state index contributed by atoms with van der Waals surface area (Å²) in [5.74, 6) is -0.414. The third-order valence-corrected chi connectivity index (χ3v) is 6.70. The molecule has 0 aliphatic carbocycles. The topological polar surface area (TPSA) is 142 Å². The second-order valence-corrected chi connectivity index (χ2v) is 9.95. The summed E-state index contributed by atoms with van der Waals surface area (Å²) >= 11 is 12.6. The van der Waals surface area contributed by atoms with Gasteiger partial charge in [-0.1, -0.05) is 35.4 Å². The fourth-order valence-electron chi connectivity index (χ4n) is 4.21. The Morgan fingerprint density at radius 3 is 2.68 bits per heavy atom. The lowest BCUT2D eigenvalue weighted by molar-refractivity contribution is -0.117. The van der Waals surface area contributed by atoms with Crippen molar-refractivity contribution in [1.29, 1.82) is 0 Å². The van der Waals surface area contributed by atoms with Crippen molar-refractivity contribution in [2.45, 2.75) is 32.2 Å². The van der Waals surface area contributed by atoms with Gasteiger partial charge in [-0.05, 0) is 67.8 Å². The van der Waals surface area contributed by atoms with E-state index in [0.717, 1.165) is 0 Å². The summed E-state index contributed by atoms with van der Waals surface area (Å²) in [6.45, 7) is 1.44. The number of H-pyrrole nitrogens is 1. The quantitative estimate of drug-likeness (QED) is 0.154. The van der Waals surface area contributed by atoms with E-state index >= 15 is 0 Å². The first-order valence-corrected chi connectivity index (χ1v) is 13.4. The second-order valence-electron chi connectivity index (χ2n) is 9.14. The van der Waals surface area contributed by atoms with Gasteiger partial charge in [0.2, 0.25) is 11.8 Å². The van der Waals surface area contributed by atoms with Crippen molar-refractivity contribution in [2.24, 2.45) is 0 Å². The Labute approximate surface area is 246 Å². The van der Waals surface area contributed by atoms with Crippen molar-refractivity contribution >= 4 is 64.3 Å². The molecule has 2 aromatic carbocycles. The lowest BCUT2D eigenvalue weighted by Gasteiger charge is -2.14. The first-order chi connectivity index (χ1) is 19.6. The van der Waals surface area contributed by atoms with E-state index in [0.29, 0.717) is 57.4 Å². The molecule has 4 N–H and O–H groups in total. The predicted octanol–water partition coefficient (Wildman–Crippen LogP) is 6.31. The second kappa shape index (κ2) is 13.3. The maximum absolute atomic E-state index is 13.0. The van der Waals surface area contributed by atoms with Gasteiger partial charge in [0, 0.05) is 34.3 Å². The zero-order valence-electron chi connectivity index (χ0n) is 22.2. The van der Waals surface area contributed by atoms with Crippen molar-refractivity contribution in [3.63, 3.8) is 0 Å². The maximum atomic E-state index is 13.0. The van der Waals surface area contributed by atoms with E-state index < -0.39 is 18.0 Å². The van der Waals surface area contributed by atoms with Crippen LogP contribution in [0.5, 0.6) is 0 Å². The van der Waals surface area contributed by atoms with E-state index in [9.17, 15) is 19.2 Å². The van der Waals surface area contributed by atoms with Gasteiger partial charge in [-0.15, -0.1) is 0 Å². The smallest absolute Gasteiger partial charge is 0.411 e. The average molecular weight is 596 g/mol. The highest BCUT2D eigenvalue weighted by Crippen LogP contribution is 2.35. The van der Waals surface area contributed by atoms with Crippen LogP contribution in [0.4, 0.5) is 16.2 Å². The van der Waals surface area contributed by atoms with Crippen LogP contribution in [0.2, 0.25) is 10.2 Å². The number of amides is 3. The number of nitrogens with one attached hydrogen (secondary N) is 4. The molecule has 2 heterocycles. The van der Waals surface area contributed by atoms with E-state index in [4.69, 9.17) is 23.2 Å². The van der Waals surface area contributed by atoms with Gasteiger partial charge in [0.25, 0.3) is 0 Å².